The number of rotatable bonds is 5. The predicted molar refractivity (Wildman–Crippen MR) is 87.4 cm³/mol. The zero-order valence-electron chi connectivity index (χ0n) is 13.3. The second kappa shape index (κ2) is 6.66. The molecule has 2 aromatic rings. The lowest BCUT2D eigenvalue weighted by atomic mass is 10.1. The lowest BCUT2D eigenvalue weighted by Gasteiger charge is -2.13. The average Bonchev–Trinajstić information content (AvgIpc) is 2.84. The van der Waals surface area contributed by atoms with E-state index in [1.54, 1.807) is 24.3 Å². The van der Waals surface area contributed by atoms with Crippen LogP contribution in [0.2, 0.25) is 0 Å². The molecular weight excluding hydrogens is 306 g/mol. The van der Waals surface area contributed by atoms with Gasteiger partial charge in [0.15, 0.2) is 0 Å². The number of carbonyl (C=O) groups is 3. The summed E-state index contributed by atoms with van der Waals surface area (Å²) < 4.78 is 5.19. The van der Waals surface area contributed by atoms with Gasteiger partial charge in [-0.25, -0.2) is 0 Å². The summed E-state index contributed by atoms with van der Waals surface area (Å²) >= 11 is 0. The summed E-state index contributed by atoms with van der Waals surface area (Å²) in [5.41, 5.74) is 2.80. The largest absolute Gasteiger partial charge is 0.461 e. The second-order valence-corrected chi connectivity index (χ2v) is 5.70. The molecule has 0 N–H and O–H groups in total. The molecule has 122 valence electrons. The normalized spacial score (nSPS) is 13.1. The van der Waals surface area contributed by atoms with Gasteiger partial charge in [0.05, 0.1) is 17.5 Å². The number of hydrogen-bond acceptors (Lipinski definition) is 4. The van der Waals surface area contributed by atoms with Gasteiger partial charge in [-0.3, -0.25) is 19.3 Å². The lowest BCUT2D eigenvalue weighted by Crippen LogP contribution is -2.32. The zero-order valence-corrected chi connectivity index (χ0v) is 13.3. The van der Waals surface area contributed by atoms with Crippen molar-refractivity contribution in [2.45, 2.75) is 20.0 Å². The fraction of sp³-hybridized carbons (Fsp3) is 0.211. The van der Waals surface area contributed by atoms with Crippen LogP contribution in [0, 0.1) is 6.92 Å². The van der Waals surface area contributed by atoms with Crippen LogP contribution in [0.1, 0.15) is 38.3 Å². The van der Waals surface area contributed by atoms with E-state index in [0.717, 1.165) is 16.0 Å². The molecule has 0 aliphatic carbocycles. The first-order valence-electron chi connectivity index (χ1n) is 7.72. The molecule has 1 aliphatic rings. The first-order valence-corrected chi connectivity index (χ1v) is 7.72. The van der Waals surface area contributed by atoms with E-state index in [9.17, 15) is 14.4 Å². The number of amides is 2. The Labute approximate surface area is 139 Å². The van der Waals surface area contributed by atoms with Gasteiger partial charge in [0.1, 0.15) is 6.61 Å². The third kappa shape index (κ3) is 3.20. The molecule has 5 nitrogen and oxygen atoms in total. The summed E-state index contributed by atoms with van der Waals surface area (Å²) in [4.78, 5) is 37.3. The van der Waals surface area contributed by atoms with Crippen molar-refractivity contribution in [3.05, 3.63) is 70.8 Å². The van der Waals surface area contributed by atoms with E-state index < -0.39 is 5.97 Å². The van der Waals surface area contributed by atoms with Gasteiger partial charge in [0.25, 0.3) is 11.8 Å². The van der Waals surface area contributed by atoms with Crippen molar-refractivity contribution in [3.63, 3.8) is 0 Å². The molecular formula is C19H17NO4. The number of imide groups is 1. The molecule has 0 saturated carbocycles. The minimum absolute atomic E-state index is 0.0165. The molecule has 0 atom stereocenters. The fourth-order valence-electron chi connectivity index (χ4n) is 2.57. The Kier molecular flexibility index (Phi) is 4.42. The Balaban J connectivity index is 1.53. The minimum atomic E-state index is -0.438. The van der Waals surface area contributed by atoms with Crippen molar-refractivity contribution in [3.8, 4) is 0 Å². The first kappa shape index (κ1) is 15.9. The van der Waals surface area contributed by atoms with E-state index in [-0.39, 0.29) is 31.4 Å². The SMILES string of the molecule is Cc1ccc(COC(=O)CCN2C(=O)c3ccccc3C2=O)cc1. The van der Waals surface area contributed by atoms with Crippen LogP contribution in [0.4, 0.5) is 0 Å². The van der Waals surface area contributed by atoms with Gasteiger partial charge in [-0.1, -0.05) is 42.0 Å². The average molecular weight is 323 g/mol. The van der Waals surface area contributed by atoms with E-state index >= 15 is 0 Å². The number of benzene rings is 2. The van der Waals surface area contributed by atoms with E-state index in [1.807, 2.05) is 31.2 Å². The maximum Gasteiger partial charge on any atom is 0.307 e. The van der Waals surface area contributed by atoms with Gasteiger partial charge in [0.2, 0.25) is 0 Å². The number of hydrogen-bond donors (Lipinski definition) is 0. The predicted octanol–water partition coefficient (Wildman–Crippen LogP) is 2.72. The molecule has 1 aliphatic heterocycles. The molecule has 24 heavy (non-hydrogen) atoms. The monoisotopic (exact) mass is 323 g/mol. The minimum Gasteiger partial charge on any atom is -0.461 e. The van der Waals surface area contributed by atoms with E-state index in [2.05, 4.69) is 0 Å². The Morgan fingerprint density at radius 1 is 0.958 bits per heavy atom. The highest BCUT2D eigenvalue weighted by Gasteiger charge is 2.35. The summed E-state index contributed by atoms with van der Waals surface area (Å²) in [6, 6.07) is 14.3. The summed E-state index contributed by atoms with van der Waals surface area (Å²) in [5, 5.41) is 0. The number of carbonyl (C=O) groups excluding carboxylic acids is 3. The van der Waals surface area contributed by atoms with Gasteiger partial charge in [-0.15, -0.1) is 0 Å². The highest BCUT2D eigenvalue weighted by atomic mass is 16.5. The molecule has 0 aromatic heterocycles. The molecule has 1 heterocycles. The van der Waals surface area contributed by atoms with E-state index in [4.69, 9.17) is 4.74 Å². The zero-order chi connectivity index (χ0) is 17.1. The molecule has 2 amide bonds. The quantitative estimate of drug-likeness (QED) is 0.627. The van der Waals surface area contributed by atoms with Crippen molar-refractivity contribution in [1.29, 1.82) is 0 Å². The van der Waals surface area contributed by atoms with Gasteiger partial charge < -0.3 is 4.74 Å². The Morgan fingerprint density at radius 2 is 1.54 bits per heavy atom. The van der Waals surface area contributed by atoms with Gasteiger partial charge in [-0.05, 0) is 24.6 Å². The van der Waals surface area contributed by atoms with Gasteiger partial charge >= 0.3 is 5.97 Å². The number of fused-ring (bicyclic) bond motifs is 1. The molecule has 0 fully saturated rings. The summed E-state index contributed by atoms with van der Waals surface area (Å²) in [6.07, 6.45) is -0.0165. The second-order valence-electron chi connectivity index (χ2n) is 5.70. The molecule has 0 spiro atoms. The third-order valence-corrected chi connectivity index (χ3v) is 3.94. The molecule has 0 saturated heterocycles. The van der Waals surface area contributed by atoms with Crippen LogP contribution in [0.15, 0.2) is 48.5 Å². The maximum atomic E-state index is 12.2. The number of ether oxygens (including phenoxy) is 1. The van der Waals surface area contributed by atoms with Crippen molar-refractivity contribution in [1.82, 2.24) is 4.90 Å². The van der Waals surface area contributed by atoms with Crippen LogP contribution in [0.5, 0.6) is 0 Å². The highest BCUT2D eigenvalue weighted by molar-refractivity contribution is 6.21. The smallest absolute Gasteiger partial charge is 0.307 e. The third-order valence-electron chi connectivity index (χ3n) is 3.94. The van der Waals surface area contributed by atoms with Crippen molar-refractivity contribution < 1.29 is 19.1 Å². The Morgan fingerprint density at radius 3 is 2.12 bits per heavy atom. The summed E-state index contributed by atoms with van der Waals surface area (Å²) in [6.45, 7) is 2.19. The molecule has 3 rings (SSSR count). The topological polar surface area (TPSA) is 63.7 Å². The summed E-state index contributed by atoms with van der Waals surface area (Å²) in [5.74, 6) is -1.16. The number of nitrogens with zero attached hydrogens (tertiary/aromatic N) is 1. The van der Waals surface area contributed by atoms with Crippen LogP contribution in [0.25, 0.3) is 0 Å². The van der Waals surface area contributed by atoms with Crippen molar-refractivity contribution in [2.24, 2.45) is 0 Å². The van der Waals surface area contributed by atoms with Gasteiger partial charge in [0, 0.05) is 6.54 Å². The van der Waals surface area contributed by atoms with Crippen molar-refractivity contribution >= 4 is 17.8 Å². The van der Waals surface area contributed by atoms with Crippen LogP contribution >= 0.6 is 0 Å². The standard InChI is InChI=1S/C19H17NO4/c1-13-6-8-14(9-7-13)12-24-17(21)10-11-20-18(22)15-4-2-3-5-16(15)19(20)23/h2-9H,10-12H2,1H3. The van der Waals surface area contributed by atoms with Crippen LogP contribution in [0.3, 0.4) is 0 Å². The van der Waals surface area contributed by atoms with Crippen LogP contribution in [-0.2, 0) is 16.1 Å². The molecule has 0 unspecified atom stereocenters. The molecule has 0 radical (unpaired) electrons. The molecule has 5 heteroatoms. The van der Waals surface area contributed by atoms with Crippen LogP contribution in [-0.4, -0.2) is 29.2 Å². The van der Waals surface area contributed by atoms with E-state index in [1.165, 1.54) is 0 Å². The van der Waals surface area contributed by atoms with Gasteiger partial charge in [-0.2, -0.15) is 0 Å². The number of esters is 1. The van der Waals surface area contributed by atoms with E-state index in [0.29, 0.717) is 11.1 Å². The Bertz CT molecular complexity index is 760. The summed E-state index contributed by atoms with van der Waals surface area (Å²) in [7, 11) is 0. The van der Waals surface area contributed by atoms with Crippen LogP contribution < -0.4 is 0 Å². The van der Waals surface area contributed by atoms with Crippen molar-refractivity contribution in [2.75, 3.05) is 6.54 Å². The molecule has 2 aromatic carbocycles. The lowest BCUT2D eigenvalue weighted by molar-refractivity contribution is -0.145. The first-order chi connectivity index (χ1) is 11.6. The maximum absolute atomic E-state index is 12.2. The number of aryl methyl sites for hydroxylation is 1. The fourth-order valence-corrected chi connectivity index (χ4v) is 2.57. The Hall–Kier alpha value is -2.95. The highest BCUT2D eigenvalue weighted by Crippen LogP contribution is 2.22. The molecule has 0 bridgehead atoms.